The van der Waals surface area contributed by atoms with Gasteiger partial charge in [-0.25, -0.2) is 9.78 Å². The molecule has 0 radical (unpaired) electrons. The van der Waals surface area contributed by atoms with Crippen LogP contribution in [-0.4, -0.2) is 41.9 Å². The van der Waals surface area contributed by atoms with Gasteiger partial charge < -0.3 is 5.11 Å². The Kier molecular flexibility index (Phi) is 4.01. The third kappa shape index (κ3) is 3.42. The maximum atomic E-state index is 12.1. The Labute approximate surface area is 111 Å². The molecule has 8 heteroatoms. The van der Waals surface area contributed by atoms with Crippen LogP contribution < -0.4 is 4.72 Å². The van der Waals surface area contributed by atoms with E-state index in [0.29, 0.717) is 13.1 Å². The molecule has 0 amide bonds. The summed E-state index contributed by atoms with van der Waals surface area (Å²) in [6.07, 6.45) is 3.96. The maximum absolute atomic E-state index is 12.1. The zero-order chi connectivity index (χ0) is 13.9. The molecule has 1 fully saturated rings. The molecule has 0 spiro atoms. The maximum Gasteiger partial charge on any atom is 0.335 e. The van der Waals surface area contributed by atoms with Gasteiger partial charge in [-0.1, -0.05) is 6.42 Å². The first kappa shape index (κ1) is 13.8. The molecule has 0 bridgehead atoms. The van der Waals surface area contributed by atoms with Crippen LogP contribution in [0.3, 0.4) is 0 Å². The van der Waals surface area contributed by atoms with Gasteiger partial charge in [0.05, 0.1) is 5.56 Å². The quantitative estimate of drug-likeness (QED) is 0.857. The van der Waals surface area contributed by atoms with Crippen molar-refractivity contribution >= 4 is 22.0 Å². The predicted octanol–water partition coefficient (Wildman–Crippen LogP) is 0.922. The van der Waals surface area contributed by atoms with Crippen LogP contribution in [0.5, 0.6) is 0 Å². The molecule has 1 aliphatic rings. The number of hydrogen-bond donors (Lipinski definition) is 2. The van der Waals surface area contributed by atoms with Gasteiger partial charge in [0.1, 0.15) is 5.82 Å². The van der Waals surface area contributed by atoms with Gasteiger partial charge in [-0.2, -0.15) is 12.7 Å². The van der Waals surface area contributed by atoms with E-state index in [1.165, 1.54) is 22.6 Å². The van der Waals surface area contributed by atoms with Gasteiger partial charge in [-0.15, -0.1) is 0 Å². The number of carbonyl (C=O) groups is 1. The Morgan fingerprint density at radius 2 is 2.00 bits per heavy atom. The summed E-state index contributed by atoms with van der Waals surface area (Å²) in [5.74, 6) is -1.11. The molecule has 1 saturated heterocycles. The topological polar surface area (TPSA) is 99.6 Å². The zero-order valence-electron chi connectivity index (χ0n) is 10.2. The highest BCUT2D eigenvalue weighted by molar-refractivity contribution is 7.90. The van der Waals surface area contributed by atoms with Crippen molar-refractivity contribution in [1.82, 2.24) is 9.29 Å². The zero-order valence-corrected chi connectivity index (χ0v) is 11.1. The van der Waals surface area contributed by atoms with Crippen molar-refractivity contribution in [3.8, 4) is 0 Å². The Hall–Kier alpha value is -1.67. The molecule has 0 unspecified atom stereocenters. The standard InChI is InChI=1S/C11H15N3O4S/c15-11(16)9-4-5-12-10(8-9)13-19(17,18)14-6-2-1-3-7-14/h4-5,8H,1-3,6-7H2,(H,12,13)(H,15,16). The van der Waals surface area contributed by atoms with Crippen molar-refractivity contribution in [2.45, 2.75) is 19.3 Å². The largest absolute Gasteiger partial charge is 0.478 e. The van der Waals surface area contributed by atoms with Crippen molar-refractivity contribution in [3.63, 3.8) is 0 Å². The summed E-state index contributed by atoms with van der Waals surface area (Å²) >= 11 is 0. The number of pyridine rings is 1. The Morgan fingerprint density at radius 3 is 2.63 bits per heavy atom. The highest BCUT2D eigenvalue weighted by Gasteiger charge is 2.24. The highest BCUT2D eigenvalue weighted by Crippen LogP contribution is 2.16. The molecule has 1 aromatic heterocycles. The van der Waals surface area contributed by atoms with Crippen LogP contribution in [0.4, 0.5) is 5.82 Å². The minimum absolute atomic E-state index is 0.00801. The lowest BCUT2D eigenvalue weighted by atomic mass is 10.2. The SMILES string of the molecule is O=C(O)c1ccnc(NS(=O)(=O)N2CCCCC2)c1. The molecular formula is C11H15N3O4S. The second-order valence-electron chi connectivity index (χ2n) is 4.30. The molecule has 2 rings (SSSR count). The summed E-state index contributed by atoms with van der Waals surface area (Å²) in [6, 6.07) is 2.50. The lowest BCUT2D eigenvalue weighted by Gasteiger charge is -2.25. The van der Waals surface area contributed by atoms with Crippen molar-refractivity contribution in [1.29, 1.82) is 0 Å². The van der Waals surface area contributed by atoms with E-state index < -0.39 is 16.2 Å². The summed E-state index contributed by atoms with van der Waals surface area (Å²) < 4.78 is 27.8. The fourth-order valence-electron chi connectivity index (χ4n) is 1.92. The average molecular weight is 285 g/mol. The summed E-state index contributed by atoms with van der Waals surface area (Å²) in [7, 11) is -3.65. The van der Waals surface area contributed by atoms with Crippen LogP contribution in [0.25, 0.3) is 0 Å². The van der Waals surface area contributed by atoms with Crippen LogP contribution in [0.2, 0.25) is 0 Å². The minimum atomic E-state index is -3.65. The summed E-state index contributed by atoms with van der Waals surface area (Å²) in [5, 5.41) is 8.84. The fourth-order valence-corrected chi connectivity index (χ4v) is 3.17. The lowest BCUT2D eigenvalue weighted by Crippen LogP contribution is -2.39. The van der Waals surface area contributed by atoms with Crippen molar-refractivity contribution in [2.75, 3.05) is 17.8 Å². The molecular weight excluding hydrogens is 270 g/mol. The molecule has 2 N–H and O–H groups in total. The first-order valence-electron chi connectivity index (χ1n) is 5.96. The summed E-state index contributed by atoms with van der Waals surface area (Å²) in [6.45, 7) is 0.960. The number of carboxylic acid groups (broad SMARTS) is 1. The molecule has 0 saturated carbocycles. The molecule has 1 aromatic rings. The normalized spacial score (nSPS) is 17.1. The van der Waals surface area contributed by atoms with E-state index >= 15 is 0 Å². The Bertz CT molecular complexity index is 567. The number of anilines is 1. The van der Waals surface area contributed by atoms with Gasteiger partial charge in [0.2, 0.25) is 0 Å². The van der Waals surface area contributed by atoms with Crippen LogP contribution >= 0.6 is 0 Å². The van der Waals surface area contributed by atoms with Crippen molar-refractivity contribution < 1.29 is 18.3 Å². The smallest absolute Gasteiger partial charge is 0.335 e. The van der Waals surface area contributed by atoms with E-state index in [-0.39, 0.29) is 11.4 Å². The monoisotopic (exact) mass is 285 g/mol. The molecule has 104 valence electrons. The number of rotatable bonds is 4. The van der Waals surface area contributed by atoms with Crippen LogP contribution in [-0.2, 0) is 10.2 Å². The first-order chi connectivity index (χ1) is 8.99. The number of nitrogens with zero attached hydrogens (tertiary/aromatic N) is 2. The predicted molar refractivity (Wildman–Crippen MR) is 69.2 cm³/mol. The second-order valence-corrected chi connectivity index (χ2v) is 5.97. The summed E-state index contributed by atoms with van der Waals surface area (Å²) in [5.41, 5.74) is -0.00801. The van der Waals surface area contributed by atoms with E-state index in [0.717, 1.165) is 19.3 Å². The molecule has 19 heavy (non-hydrogen) atoms. The average Bonchev–Trinajstić information content (AvgIpc) is 2.39. The number of piperidine rings is 1. The van der Waals surface area contributed by atoms with E-state index in [9.17, 15) is 13.2 Å². The third-order valence-corrected chi connectivity index (χ3v) is 4.41. The lowest BCUT2D eigenvalue weighted by molar-refractivity contribution is 0.0697. The Balaban J connectivity index is 2.15. The molecule has 0 aliphatic carbocycles. The van der Waals surface area contributed by atoms with E-state index in [1.807, 2.05) is 0 Å². The van der Waals surface area contributed by atoms with Crippen molar-refractivity contribution in [2.24, 2.45) is 0 Å². The molecule has 0 aromatic carbocycles. The number of aromatic nitrogens is 1. The van der Waals surface area contributed by atoms with Gasteiger partial charge in [0, 0.05) is 19.3 Å². The second kappa shape index (κ2) is 5.54. The van der Waals surface area contributed by atoms with Gasteiger partial charge >= 0.3 is 16.2 Å². The number of hydrogen-bond acceptors (Lipinski definition) is 4. The Morgan fingerprint density at radius 1 is 1.32 bits per heavy atom. The molecule has 7 nitrogen and oxygen atoms in total. The number of carboxylic acids is 1. The van der Waals surface area contributed by atoms with E-state index in [2.05, 4.69) is 9.71 Å². The molecule has 0 atom stereocenters. The van der Waals surface area contributed by atoms with E-state index in [1.54, 1.807) is 0 Å². The first-order valence-corrected chi connectivity index (χ1v) is 7.40. The number of aromatic carboxylic acids is 1. The fraction of sp³-hybridized carbons (Fsp3) is 0.455. The molecule has 2 heterocycles. The van der Waals surface area contributed by atoms with Crippen LogP contribution in [0, 0.1) is 0 Å². The van der Waals surface area contributed by atoms with Crippen LogP contribution in [0.1, 0.15) is 29.6 Å². The van der Waals surface area contributed by atoms with Gasteiger partial charge in [-0.3, -0.25) is 4.72 Å². The third-order valence-electron chi connectivity index (χ3n) is 2.90. The van der Waals surface area contributed by atoms with Gasteiger partial charge in [0.15, 0.2) is 0 Å². The van der Waals surface area contributed by atoms with Gasteiger partial charge in [-0.05, 0) is 25.0 Å². The van der Waals surface area contributed by atoms with E-state index in [4.69, 9.17) is 5.11 Å². The van der Waals surface area contributed by atoms with Crippen molar-refractivity contribution in [3.05, 3.63) is 23.9 Å². The minimum Gasteiger partial charge on any atom is -0.478 e. The van der Waals surface area contributed by atoms with Gasteiger partial charge in [0.25, 0.3) is 0 Å². The number of nitrogens with one attached hydrogen (secondary N) is 1. The highest BCUT2D eigenvalue weighted by atomic mass is 32.2. The van der Waals surface area contributed by atoms with Crippen LogP contribution in [0.15, 0.2) is 18.3 Å². The summed E-state index contributed by atoms with van der Waals surface area (Å²) in [4.78, 5) is 14.6. The molecule has 1 aliphatic heterocycles.